The van der Waals surface area contributed by atoms with E-state index in [0.29, 0.717) is 21.0 Å². The van der Waals surface area contributed by atoms with E-state index in [-0.39, 0.29) is 11.4 Å². The van der Waals surface area contributed by atoms with E-state index >= 15 is 0 Å². The smallest absolute Gasteiger partial charge is 0.264 e. The number of benzene rings is 2. The van der Waals surface area contributed by atoms with Crippen molar-refractivity contribution in [3.8, 4) is 0 Å². The Morgan fingerprint density at radius 1 is 1.25 bits per heavy atom. The lowest BCUT2D eigenvalue weighted by Crippen LogP contribution is -2.48. The number of hydrogen-bond acceptors (Lipinski definition) is 4. The number of rotatable bonds is 4. The van der Waals surface area contributed by atoms with Gasteiger partial charge in [-0.1, -0.05) is 37.6 Å². The number of nitrogens with zero attached hydrogens (tertiary/aromatic N) is 2. The Balaban J connectivity index is 1.63. The van der Waals surface area contributed by atoms with Crippen LogP contribution in [0.25, 0.3) is 6.08 Å². The third-order valence-corrected chi connectivity index (χ3v) is 7.57. The van der Waals surface area contributed by atoms with Crippen molar-refractivity contribution >= 4 is 51.9 Å². The minimum atomic E-state index is -0.142. The Kier molecular flexibility index (Phi) is 6.42. The summed E-state index contributed by atoms with van der Waals surface area (Å²) in [5.41, 5.74) is 5.54. The molecule has 4 nitrogen and oxygen atoms in total. The maximum atomic E-state index is 12.6. The average molecular weight is 468 g/mol. The van der Waals surface area contributed by atoms with Crippen LogP contribution in [0.5, 0.6) is 0 Å². The van der Waals surface area contributed by atoms with Crippen molar-refractivity contribution in [1.29, 1.82) is 0 Å². The molecular formula is C26H30ClN3OS. The van der Waals surface area contributed by atoms with Gasteiger partial charge in [0.05, 0.1) is 10.6 Å². The summed E-state index contributed by atoms with van der Waals surface area (Å²) in [6, 6.07) is 12.3. The molecule has 168 valence electrons. The first-order valence-electron chi connectivity index (χ1n) is 11.2. The summed E-state index contributed by atoms with van der Waals surface area (Å²) in [6.45, 7) is 12.1. The van der Waals surface area contributed by atoms with Gasteiger partial charge < -0.3 is 10.2 Å². The molecule has 0 aliphatic carbocycles. The minimum Gasteiger partial charge on any atom is -0.366 e. The Morgan fingerprint density at radius 3 is 2.62 bits per heavy atom. The molecule has 6 heteroatoms. The quantitative estimate of drug-likeness (QED) is 0.497. The summed E-state index contributed by atoms with van der Waals surface area (Å²) >= 11 is 8.05. The van der Waals surface area contributed by atoms with Crippen molar-refractivity contribution in [3.05, 3.63) is 63.0 Å². The van der Waals surface area contributed by atoms with Gasteiger partial charge in [0.2, 0.25) is 0 Å². The van der Waals surface area contributed by atoms with Gasteiger partial charge in [-0.05, 0) is 98.3 Å². The summed E-state index contributed by atoms with van der Waals surface area (Å²) in [6.07, 6.45) is 3.95. The zero-order chi connectivity index (χ0) is 23.0. The molecule has 1 N–H and O–H groups in total. The van der Waals surface area contributed by atoms with Crippen LogP contribution in [-0.4, -0.2) is 23.2 Å². The molecule has 2 aromatic carbocycles. The summed E-state index contributed by atoms with van der Waals surface area (Å²) in [5, 5.41) is 4.12. The summed E-state index contributed by atoms with van der Waals surface area (Å²) < 4.78 is 0. The largest absolute Gasteiger partial charge is 0.366 e. The van der Waals surface area contributed by atoms with Crippen LogP contribution < -0.4 is 10.2 Å². The highest BCUT2D eigenvalue weighted by molar-refractivity contribution is 8.18. The van der Waals surface area contributed by atoms with Crippen LogP contribution in [0.4, 0.5) is 11.4 Å². The van der Waals surface area contributed by atoms with Crippen molar-refractivity contribution in [2.24, 2.45) is 4.99 Å². The highest BCUT2D eigenvalue weighted by atomic mass is 35.5. The number of amidine groups is 1. The first kappa shape index (κ1) is 22.9. The van der Waals surface area contributed by atoms with Crippen LogP contribution in [0.2, 0.25) is 5.02 Å². The van der Waals surface area contributed by atoms with E-state index in [1.54, 1.807) is 0 Å². The molecule has 1 amide bonds. The van der Waals surface area contributed by atoms with Gasteiger partial charge >= 0.3 is 0 Å². The molecule has 2 aromatic rings. The van der Waals surface area contributed by atoms with E-state index in [9.17, 15) is 4.79 Å². The van der Waals surface area contributed by atoms with Gasteiger partial charge in [0, 0.05) is 22.8 Å². The van der Waals surface area contributed by atoms with E-state index in [0.717, 1.165) is 30.6 Å². The average Bonchev–Trinajstić information content (AvgIpc) is 3.08. The second-order valence-electron chi connectivity index (χ2n) is 9.10. The Labute approximate surface area is 200 Å². The fourth-order valence-corrected chi connectivity index (χ4v) is 5.82. The minimum absolute atomic E-state index is 0.0896. The predicted molar refractivity (Wildman–Crippen MR) is 138 cm³/mol. The lowest BCUT2D eigenvalue weighted by atomic mass is 9.79. The van der Waals surface area contributed by atoms with Gasteiger partial charge in [-0.25, -0.2) is 4.99 Å². The molecule has 4 rings (SSSR count). The number of anilines is 1. The van der Waals surface area contributed by atoms with E-state index in [1.165, 1.54) is 28.6 Å². The number of fused-ring (bicyclic) bond motifs is 1. The standard InChI is InChI=1S/C26H30ClN3OS/c1-6-17-8-10-19(11-9-17)28-25-29-24(31)23(32-25)13-18-12-20-16(3)15-26(4,5)30(7-2)22(20)14-21(18)27/h8-14,16H,6-7,15H2,1-5H3,(H,28,29,31)/b23-13+. The second-order valence-corrected chi connectivity index (χ2v) is 10.5. The van der Waals surface area contributed by atoms with Crippen LogP contribution >= 0.6 is 23.4 Å². The van der Waals surface area contributed by atoms with Gasteiger partial charge in [0.1, 0.15) is 0 Å². The first-order valence-corrected chi connectivity index (χ1v) is 12.4. The molecule has 0 bridgehead atoms. The molecule has 32 heavy (non-hydrogen) atoms. The number of hydrogen-bond donors (Lipinski definition) is 1. The number of carbonyl (C=O) groups excluding carboxylic acids is 1. The molecule has 0 aromatic heterocycles. The number of amides is 1. The van der Waals surface area contributed by atoms with Gasteiger partial charge in [0.15, 0.2) is 5.17 Å². The highest BCUT2D eigenvalue weighted by Crippen LogP contribution is 2.45. The lowest BCUT2D eigenvalue weighted by Gasteiger charge is -2.47. The fourth-order valence-electron chi connectivity index (χ4n) is 4.78. The maximum Gasteiger partial charge on any atom is 0.264 e. The van der Waals surface area contributed by atoms with Crippen LogP contribution in [0.3, 0.4) is 0 Å². The SMILES string of the molecule is CCc1ccc(N=C2NC(=O)/C(=C\c3cc4c(cc3Cl)N(CC)C(C)(C)CC4C)S2)cc1. The Bertz CT molecular complexity index is 1100. The molecule has 2 aliphatic rings. The molecule has 1 saturated heterocycles. The predicted octanol–water partition coefficient (Wildman–Crippen LogP) is 6.91. The third-order valence-electron chi connectivity index (χ3n) is 6.33. The maximum absolute atomic E-state index is 12.6. The molecule has 0 radical (unpaired) electrons. The van der Waals surface area contributed by atoms with Crippen molar-refractivity contribution in [3.63, 3.8) is 0 Å². The normalized spacial score (nSPS) is 22.4. The van der Waals surface area contributed by atoms with Crippen LogP contribution in [-0.2, 0) is 11.2 Å². The highest BCUT2D eigenvalue weighted by Gasteiger charge is 2.36. The molecule has 1 atom stereocenters. The van der Waals surface area contributed by atoms with E-state index in [2.05, 4.69) is 74.1 Å². The Morgan fingerprint density at radius 2 is 1.97 bits per heavy atom. The zero-order valence-corrected chi connectivity index (χ0v) is 20.9. The lowest BCUT2D eigenvalue weighted by molar-refractivity contribution is -0.115. The van der Waals surface area contributed by atoms with Gasteiger partial charge in [-0.3, -0.25) is 4.79 Å². The van der Waals surface area contributed by atoms with Crippen LogP contribution in [0.1, 0.15) is 63.6 Å². The fraction of sp³-hybridized carbons (Fsp3) is 0.385. The summed E-state index contributed by atoms with van der Waals surface area (Å²) in [5.74, 6) is 0.280. The van der Waals surface area contributed by atoms with Gasteiger partial charge in [-0.15, -0.1) is 0 Å². The molecule has 1 unspecified atom stereocenters. The van der Waals surface area contributed by atoms with E-state index in [4.69, 9.17) is 11.6 Å². The number of nitrogens with one attached hydrogen (secondary N) is 1. The zero-order valence-electron chi connectivity index (χ0n) is 19.3. The van der Waals surface area contributed by atoms with E-state index < -0.39 is 0 Å². The topological polar surface area (TPSA) is 44.7 Å². The number of thioether (sulfide) groups is 1. The van der Waals surface area contributed by atoms with Gasteiger partial charge in [0.25, 0.3) is 5.91 Å². The molecule has 2 heterocycles. The molecular weight excluding hydrogens is 438 g/mol. The van der Waals surface area contributed by atoms with Gasteiger partial charge in [-0.2, -0.15) is 0 Å². The number of aryl methyl sites for hydroxylation is 1. The summed E-state index contributed by atoms with van der Waals surface area (Å²) in [7, 11) is 0. The van der Waals surface area contributed by atoms with E-state index in [1.807, 2.05) is 18.2 Å². The van der Waals surface area contributed by atoms with Crippen molar-refractivity contribution in [1.82, 2.24) is 5.32 Å². The van der Waals surface area contributed by atoms with Crippen LogP contribution in [0, 0.1) is 0 Å². The molecule has 1 fully saturated rings. The van der Waals surface area contributed by atoms with Crippen LogP contribution in [0.15, 0.2) is 46.3 Å². The monoisotopic (exact) mass is 467 g/mol. The second kappa shape index (κ2) is 8.95. The van der Waals surface area contributed by atoms with Crippen molar-refractivity contribution < 1.29 is 4.79 Å². The third kappa shape index (κ3) is 4.46. The Hall–Kier alpha value is -2.24. The number of halogens is 1. The van der Waals surface area contributed by atoms with Crippen molar-refractivity contribution in [2.45, 2.75) is 58.9 Å². The molecule has 2 aliphatic heterocycles. The number of aliphatic imine (C=N–C) groups is 1. The molecule has 0 spiro atoms. The first-order chi connectivity index (χ1) is 15.2. The van der Waals surface area contributed by atoms with Crippen molar-refractivity contribution in [2.75, 3.05) is 11.4 Å². The summed E-state index contributed by atoms with van der Waals surface area (Å²) in [4.78, 5) is 20.2. The number of carbonyl (C=O) groups is 1. The molecule has 0 saturated carbocycles.